The fourth-order valence-corrected chi connectivity index (χ4v) is 5.81. The molecule has 3 amide bonds. The van der Waals surface area contributed by atoms with Crippen LogP contribution < -0.4 is 14.5 Å². The molecule has 0 N–H and O–H groups in total. The van der Waals surface area contributed by atoms with Gasteiger partial charge in [-0.2, -0.15) is 0 Å². The third-order valence-corrected chi connectivity index (χ3v) is 7.70. The molecule has 186 valence electrons. The number of carbonyl (C=O) groups is 4. The van der Waals surface area contributed by atoms with Crippen molar-refractivity contribution in [3.63, 3.8) is 0 Å². The van der Waals surface area contributed by atoms with Gasteiger partial charge in [0, 0.05) is 18.4 Å². The van der Waals surface area contributed by atoms with Gasteiger partial charge in [0.2, 0.25) is 17.7 Å². The lowest BCUT2D eigenvalue weighted by atomic mass is 9.78. The predicted molar refractivity (Wildman–Crippen MR) is 139 cm³/mol. The van der Waals surface area contributed by atoms with Gasteiger partial charge in [0.1, 0.15) is 5.75 Å². The Bertz CT molecular complexity index is 1460. The van der Waals surface area contributed by atoms with Crippen molar-refractivity contribution in [2.24, 2.45) is 23.7 Å². The summed E-state index contributed by atoms with van der Waals surface area (Å²) in [5.41, 5.74) is 1.25. The molecule has 2 aliphatic heterocycles. The highest BCUT2D eigenvalue weighted by molar-refractivity contribution is 6.22. The maximum absolute atomic E-state index is 13.0. The molecule has 3 aromatic carbocycles. The zero-order chi connectivity index (χ0) is 25.7. The Kier molecular flexibility index (Phi) is 5.63. The highest BCUT2D eigenvalue weighted by Gasteiger charge is 2.50. The number of imide groups is 1. The van der Waals surface area contributed by atoms with Crippen molar-refractivity contribution in [3.05, 3.63) is 78.9 Å². The fourth-order valence-electron chi connectivity index (χ4n) is 5.81. The van der Waals surface area contributed by atoms with Crippen LogP contribution in [0.5, 0.6) is 5.75 Å². The van der Waals surface area contributed by atoms with Crippen LogP contribution in [0.3, 0.4) is 0 Å². The van der Waals surface area contributed by atoms with E-state index in [2.05, 4.69) is 0 Å². The number of ether oxygens (including phenoxy) is 1. The van der Waals surface area contributed by atoms with E-state index in [9.17, 15) is 19.2 Å². The van der Waals surface area contributed by atoms with Crippen molar-refractivity contribution in [3.8, 4) is 5.75 Å². The lowest BCUT2D eigenvalue weighted by Crippen LogP contribution is -2.31. The van der Waals surface area contributed by atoms with Crippen molar-refractivity contribution in [1.29, 1.82) is 0 Å². The van der Waals surface area contributed by atoms with Gasteiger partial charge < -0.3 is 9.64 Å². The Hall–Kier alpha value is -4.26. The Morgan fingerprint density at radius 3 is 2.46 bits per heavy atom. The highest BCUT2D eigenvalue weighted by Crippen LogP contribution is 2.40. The number of rotatable bonds is 4. The monoisotopic (exact) mass is 494 g/mol. The van der Waals surface area contributed by atoms with E-state index in [1.54, 1.807) is 29.2 Å². The van der Waals surface area contributed by atoms with E-state index < -0.39 is 11.9 Å². The molecule has 0 bridgehead atoms. The third-order valence-electron chi connectivity index (χ3n) is 7.70. The summed E-state index contributed by atoms with van der Waals surface area (Å²) in [6.07, 6.45) is 4.61. The largest absolute Gasteiger partial charge is 0.426 e. The second-order valence-electron chi connectivity index (χ2n) is 9.99. The second-order valence-corrected chi connectivity index (χ2v) is 9.99. The van der Waals surface area contributed by atoms with E-state index in [1.165, 1.54) is 4.90 Å². The average molecular weight is 495 g/mol. The number of allylic oxidation sites excluding steroid dienone is 2. The van der Waals surface area contributed by atoms with E-state index in [0.717, 1.165) is 16.5 Å². The van der Waals surface area contributed by atoms with Crippen molar-refractivity contribution < 1.29 is 23.9 Å². The molecule has 0 saturated carbocycles. The number of benzene rings is 3. The molecule has 7 heteroatoms. The molecule has 37 heavy (non-hydrogen) atoms. The van der Waals surface area contributed by atoms with E-state index in [0.29, 0.717) is 17.9 Å². The summed E-state index contributed by atoms with van der Waals surface area (Å²) >= 11 is 0. The minimum Gasteiger partial charge on any atom is -0.426 e. The fraction of sp³-hybridized carbons (Fsp3) is 0.267. The quantitative estimate of drug-likeness (QED) is 0.231. The second kappa shape index (κ2) is 9.00. The van der Waals surface area contributed by atoms with Gasteiger partial charge in [-0.25, -0.2) is 0 Å². The summed E-state index contributed by atoms with van der Waals surface area (Å²) < 4.78 is 5.59. The lowest BCUT2D eigenvalue weighted by molar-refractivity contribution is -0.139. The minimum absolute atomic E-state index is 0.0167. The molecule has 0 spiro atoms. The van der Waals surface area contributed by atoms with Gasteiger partial charge in [-0.05, 0) is 48.1 Å². The number of esters is 1. The summed E-state index contributed by atoms with van der Waals surface area (Å²) in [5.74, 6) is -1.91. The Morgan fingerprint density at radius 1 is 0.919 bits per heavy atom. The molecule has 6 rings (SSSR count). The van der Waals surface area contributed by atoms with Crippen LogP contribution in [0.2, 0.25) is 0 Å². The molecule has 7 nitrogen and oxygen atoms in total. The number of hydrogen-bond donors (Lipinski definition) is 0. The van der Waals surface area contributed by atoms with Crippen LogP contribution in [0.1, 0.15) is 19.8 Å². The van der Waals surface area contributed by atoms with E-state index in [4.69, 9.17) is 4.74 Å². The summed E-state index contributed by atoms with van der Waals surface area (Å²) in [4.78, 5) is 54.6. The van der Waals surface area contributed by atoms with Gasteiger partial charge in [-0.3, -0.25) is 24.1 Å². The SMILES string of the molecule is C[C@@H]1C=CC[C@@H]2C(=O)N(c3ccc(OC(=O)[C@@H]4CC(=O)N(c5cccc6ccccc56)C4)cc3)C(=O)[C@H]12. The number of amides is 3. The van der Waals surface area contributed by atoms with Crippen molar-refractivity contribution in [1.82, 2.24) is 0 Å². The number of carbonyl (C=O) groups excluding carboxylic acids is 4. The topological polar surface area (TPSA) is 84.0 Å². The zero-order valence-electron chi connectivity index (χ0n) is 20.4. The maximum atomic E-state index is 13.0. The van der Waals surface area contributed by atoms with Gasteiger partial charge in [0.05, 0.1) is 29.1 Å². The van der Waals surface area contributed by atoms with Crippen LogP contribution >= 0.6 is 0 Å². The van der Waals surface area contributed by atoms with Crippen LogP contribution in [0, 0.1) is 23.7 Å². The number of anilines is 2. The third kappa shape index (κ3) is 3.91. The minimum atomic E-state index is -0.593. The van der Waals surface area contributed by atoms with Gasteiger partial charge in [-0.15, -0.1) is 0 Å². The van der Waals surface area contributed by atoms with Gasteiger partial charge in [0.25, 0.3) is 0 Å². The van der Waals surface area contributed by atoms with Crippen LogP contribution in [0.4, 0.5) is 11.4 Å². The molecular weight excluding hydrogens is 468 g/mol. The van der Waals surface area contributed by atoms with Crippen LogP contribution in [0.25, 0.3) is 10.8 Å². The van der Waals surface area contributed by atoms with E-state index >= 15 is 0 Å². The molecule has 2 fully saturated rings. The molecule has 3 aliphatic rings. The summed E-state index contributed by atoms with van der Waals surface area (Å²) in [7, 11) is 0. The Labute approximate surface area is 214 Å². The first kappa shape index (κ1) is 23.2. The maximum Gasteiger partial charge on any atom is 0.316 e. The van der Waals surface area contributed by atoms with Crippen molar-refractivity contribution in [2.75, 3.05) is 16.3 Å². The van der Waals surface area contributed by atoms with Gasteiger partial charge in [-0.1, -0.05) is 55.5 Å². The van der Waals surface area contributed by atoms with Gasteiger partial charge in [0.15, 0.2) is 0 Å². The van der Waals surface area contributed by atoms with Crippen LogP contribution in [-0.4, -0.2) is 30.2 Å². The first-order valence-electron chi connectivity index (χ1n) is 12.6. The van der Waals surface area contributed by atoms with Crippen LogP contribution in [-0.2, 0) is 19.2 Å². The molecule has 0 radical (unpaired) electrons. The van der Waals surface area contributed by atoms with E-state index in [1.807, 2.05) is 61.5 Å². The van der Waals surface area contributed by atoms with Crippen LogP contribution in [0.15, 0.2) is 78.9 Å². The predicted octanol–water partition coefficient (Wildman–Crippen LogP) is 4.50. The molecule has 0 aromatic heterocycles. The smallest absolute Gasteiger partial charge is 0.316 e. The van der Waals surface area contributed by atoms with Gasteiger partial charge >= 0.3 is 5.97 Å². The van der Waals surface area contributed by atoms with Crippen molar-refractivity contribution in [2.45, 2.75) is 19.8 Å². The number of nitrogens with zero attached hydrogens (tertiary/aromatic N) is 2. The average Bonchev–Trinajstić information content (AvgIpc) is 3.42. The van der Waals surface area contributed by atoms with E-state index in [-0.39, 0.29) is 48.4 Å². The molecule has 1 aliphatic carbocycles. The normalized spacial score (nSPS) is 25.2. The number of fused-ring (bicyclic) bond motifs is 2. The standard InChI is InChI=1S/C30H26N2O5/c1-18-6-4-10-24-27(18)29(35)32(28(24)34)21-12-14-22(15-13-21)37-30(36)20-16-26(33)31(17-20)25-11-5-8-19-7-2-3-9-23(19)25/h2-9,11-15,18,20,24,27H,10,16-17H2,1H3/t18-,20-,24+,27-/m1/s1. The zero-order valence-corrected chi connectivity index (χ0v) is 20.4. The number of hydrogen-bond acceptors (Lipinski definition) is 5. The summed E-state index contributed by atoms with van der Waals surface area (Å²) in [5, 5.41) is 1.98. The Balaban J connectivity index is 1.15. The first-order valence-corrected chi connectivity index (χ1v) is 12.6. The lowest BCUT2D eigenvalue weighted by Gasteiger charge is -2.22. The molecule has 3 aromatic rings. The molecule has 2 heterocycles. The molecule has 0 unspecified atom stereocenters. The molecule has 2 saturated heterocycles. The first-order chi connectivity index (χ1) is 17.9. The molecule has 4 atom stereocenters. The summed E-state index contributed by atoms with van der Waals surface area (Å²) in [6.45, 7) is 2.20. The molecular formula is C30H26N2O5. The van der Waals surface area contributed by atoms with Crippen molar-refractivity contribution >= 4 is 45.8 Å². The highest BCUT2D eigenvalue weighted by atomic mass is 16.5. The Morgan fingerprint density at radius 2 is 1.68 bits per heavy atom. The summed E-state index contributed by atoms with van der Waals surface area (Å²) in [6, 6.07) is 20.0.